The summed E-state index contributed by atoms with van der Waals surface area (Å²) in [6.45, 7) is 0.637. The molecular weight excluding hydrogens is 473 g/mol. The van der Waals surface area contributed by atoms with E-state index >= 15 is 0 Å². The van der Waals surface area contributed by atoms with Crippen LogP contribution in [0.1, 0.15) is 41.2 Å². The van der Waals surface area contributed by atoms with Crippen LogP contribution in [-0.2, 0) is 9.59 Å². The van der Waals surface area contributed by atoms with E-state index in [-0.39, 0.29) is 24.1 Å². The summed E-state index contributed by atoms with van der Waals surface area (Å²) in [6.07, 6.45) is 1.28. The van der Waals surface area contributed by atoms with Gasteiger partial charge < -0.3 is 15.5 Å². The largest absolute Gasteiger partial charge is 0.345 e. The number of amides is 3. The van der Waals surface area contributed by atoms with Gasteiger partial charge in [-0.1, -0.05) is 65.7 Å². The first kappa shape index (κ1) is 23.8. The molecule has 1 saturated heterocycles. The molecular formula is C26H23Cl2N3O3. The molecule has 0 aliphatic carbocycles. The molecule has 1 heterocycles. The summed E-state index contributed by atoms with van der Waals surface area (Å²) in [5.41, 5.74) is 2.21. The van der Waals surface area contributed by atoms with Gasteiger partial charge in [-0.25, -0.2) is 0 Å². The van der Waals surface area contributed by atoms with Crippen molar-refractivity contribution in [3.63, 3.8) is 0 Å². The van der Waals surface area contributed by atoms with Crippen LogP contribution in [0.2, 0.25) is 10.0 Å². The molecule has 6 nitrogen and oxygen atoms in total. The first-order valence-corrected chi connectivity index (χ1v) is 11.7. The summed E-state index contributed by atoms with van der Waals surface area (Å²) in [7, 11) is 0. The SMILES string of the molecule is O=C(CC(NC(=O)c1ccccc1Cl)c1ccccc1)Nc1cc(N2CCCC2=O)ccc1Cl. The van der Waals surface area contributed by atoms with Gasteiger partial charge in [0.1, 0.15) is 0 Å². The minimum absolute atomic E-state index is 0.0244. The molecule has 1 aliphatic rings. The summed E-state index contributed by atoms with van der Waals surface area (Å²) >= 11 is 12.5. The molecule has 0 saturated carbocycles. The smallest absolute Gasteiger partial charge is 0.253 e. The quantitative estimate of drug-likeness (QED) is 0.446. The number of hydrogen-bond donors (Lipinski definition) is 2. The highest BCUT2D eigenvalue weighted by Crippen LogP contribution is 2.30. The lowest BCUT2D eigenvalue weighted by Gasteiger charge is -2.21. The Morgan fingerprint density at radius 1 is 0.941 bits per heavy atom. The molecule has 3 amide bonds. The first-order valence-electron chi connectivity index (χ1n) is 10.9. The zero-order chi connectivity index (χ0) is 24.1. The fourth-order valence-electron chi connectivity index (χ4n) is 3.90. The van der Waals surface area contributed by atoms with Gasteiger partial charge in [-0.15, -0.1) is 0 Å². The Kier molecular flexibility index (Phi) is 7.50. The average Bonchev–Trinajstić information content (AvgIpc) is 3.26. The van der Waals surface area contributed by atoms with Gasteiger partial charge in [0.05, 0.1) is 33.8 Å². The third-order valence-electron chi connectivity index (χ3n) is 5.62. The Labute approximate surface area is 207 Å². The fraction of sp³-hybridized carbons (Fsp3) is 0.192. The molecule has 0 radical (unpaired) electrons. The van der Waals surface area contributed by atoms with Crippen LogP contribution in [0.5, 0.6) is 0 Å². The van der Waals surface area contributed by atoms with Crippen LogP contribution in [0.25, 0.3) is 0 Å². The highest BCUT2D eigenvalue weighted by atomic mass is 35.5. The topological polar surface area (TPSA) is 78.5 Å². The second-order valence-corrected chi connectivity index (χ2v) is 8.80. The molecule has 8 heteroatoms. The van der Waals surface area contributed by atoms with Crippen LogP contribution in [0.15, 0.2) is 72.8 Å². The highest BCUT2D eigenvalue weighted by Gasteiger charge is 2.24. The monoisotopic (exact) mass is 495 g/mol. The van der Waals surface area contributed by atoms with Gasteiger partial charge in [-0.05, 0) is 42.3 Å². The van der Waals surface area contributed by atoms with E-state index in [1.54, 1.807) is 47.4 Å². The molecule has 174 valence electrons. The van der Waals surface area contributed by atoms with Crippen LogP contribution in [0, 0.1) is 0 Å². The minimum Gasteiger partial charge on any atom is -0.345 e. The second kappa shape index (κ2) is 10.7. The van der Waals surface area contributed by atoms with Crippen LogP contribution >= 0.6 is 23.2 Å². The number of hydrogen-bond acceptors (Lipinski definition) is 3. The Morgan fingerprint density at radius 2 is 1.68 bits per heavy atom. The van der Waals surface area contributed by atoms with E-state index in [0.717, 1.165) is 12.0 Å². The lowest BCUT2D eigenvalue weighted by molar-refractivity contribution is -0.117. The predicted octanol–water partition coefficient (Wildman–Crippen LogP) is 5.62. The number of carbonyl (C=O) groups excluding carboxylic acids is 3. The van der Waals surface area contributed by atoms with Gasteiger partial charge in [0.15, 0.2) is 0 Å². The molecule has 1 unspecified atom stereocenters. The number of nitrogens with one attached hydrogen (secondary N) is 2. The van der Waals surface area contributed by atoms with Crippen LogP contribution in [0.4, 0.5) is 11.4 Å². The average molecular weight is 496 g/mol. The summed E-state index contributed by atoms with van der Waals surface area (Å²) in [5.74, 6) is -0.661. The molecule has 2 N–H and O–H groups in total. The highest BCUT2D eigenvalue weighted by molar-refractivity contribution is 6.34. The maximum absolute atomic E-state index is 13.0. The lowest BCUT2D eigenvalue weighted by Crippen LogP contribution is -2.31. The van der Waals surface area contributed by atoms with Gasteiger partial charge in [0, 0.05) is 18.7 Å². The van der Waals surface area contributed by atoms with Gasteiger partial charge >= 0.3 is 0 Å². The number of benzene rings is 3. The van der Waals surface area contributed by atoms with Crippen LogP contribution in [-0.4, -0.2) is 24.3 Å². The van der Waals surface area contributed by atoms with E-state index in [9.17, 15) is 14.4 Å². The second-order valence-electron chi connectivity index (χ2n) is 7.98. The van der Waals surface area contributed by atoms with E-state index in [1.165, 1.54) is 0 Å². The van der Waals surface area contributed by atoms with Crippen molar-refractivity contribution in [1.82, 2.24) is 5.32 Å². The zero-order valence-corrected chi connectivity index (χ0v) is 19.8. The van der Waals surface area contributed by atoms with Gasteiger partial charge in [0.2, 0.25) is 11.8 Å². The molecule has 0 bridgehead atoms. The Morgan fingerprint density at radius 3 is 2.38 bits per heavy atom. The Bertz CT molecular complexity index is 1220. The summed E-state index contributed by atoms with van der Waals surface area (Å²) in [5, 5.41) is 6.43. The molecule has 3 aromatic carbocycles. The maximum Gasteiger partial charge on any atom is 0.253 e. The van der Waals surface area contributed by atoms with Crippen molar-refractivity contribution in [2.75, 3.05) is 16.8 Å². The van der Waals surface area contributed by atoms with Crippen molar-refractivity contribution >= 4 is 52.3 Å². The fourth-order valence-corrected chi connectivity index (χ4v) is 4.29. The number of rotatable bonds is 7. The van der Waals surface area contributed by atoms with E-state index in [0.29, 0.717) is 39.9 Å². The van der Waals surface area contributed by atoms with Crippen LogP contribution < -0.4 is 15.5 Å². The minimum atomic E-state index is -0.591. The van der Waals surface area contributed by atoms with E-state index < -0.39 is 6.04 Å². The standard InChI is InChI=1S/C26H23Cl2N3O3/c27-20-10-5-4-9-19(20)26(34)30-22(17-7-2-1-3-8-17)16-24(32)29-23-15-18(12-13-21(23)28)31-14-6-11-25(31)33/h1-5,7-10,12-13,15,22H,6,11,14,16H2,(H,29,32)(H,30,34). The lowest BCUT2D eigenvalue weighted by atomic mass is 10.0. The maximum atomic E-state index is 13.0. The molecule has 3 aromatic rings. The van der Waals surface area contributed by atoms with Crippen LogP contribution in [0.3, 0.4) is 0 Å². The van der Waals surface area contributed by atoms with E-state index in [2.05, 4.69) is 10.6 Å². The molecule has 1 fully saturated rings. The number of carbonyl (C=O) groups is 3. The molecule has 1 aliphatic heterocycles. The zero-order valence-electron chi connectivity index (χ0n) is 18.3. The summed E-state index contributed by atoms with van der Waals surface area (Å²) in [6, 6.07) is 20.5. The van der Waals surface area contributed by atoms with E-state index in [4.69, 9.17) is 23.2 Å². The third kappa shape index (κ3) is 5.58. The number of nitrogens with zero attached hydrogens (tertiary/aromatic N) is 1. The number of anilines is 2. The molecule has 1 atom stereocenters. The van der Waals surface area contributed by atoms with Crippen molar-refractivity contribution < 1.29 is 14.4 Å². The van der Waals surface area contributed by atoms with Crippen molar-refractivity contribution in [3.8, 4) is 0 Å². The first-order chi connectivity index (χ1) is 16.4. The van der Waals surface area contributed by atoms with Crippen molar-refractivity contribution in [1.29, 1.82) is 0 Å². The Balaban J connectivity index is 1.52. The molecule has 0 spiro atoms. The van der Waals surface area contributed by atoms with Gasteiger partial charge in [-0.3, -0.25) is 14.4 Å². The Hall–Kier alpha value is -3.35. The van der Waals surface area contributed by atoms with Crippen molar-refractivity contribution in [2.24, 2.45) is 0 Å². The third-order valence-corrected chi connectivity index (χ3v) is 6.28. The predicted molar refractivity (Wildman–Crippen MR) is 134 cm³/mol. The van der Waals surface area contributed by atoms with Gasteiger partial charge in [0.25, 0.3) is 5.91 Å². The summed E-state index contributed by atoms with van der Waals surface area (Å²) in [4.78, 5) is 39.7. The molecule has 34 heavy (non-hydrogen) atoms. The number of halogens is 2. The van der Waals surface area contributed by atoms with Crippen molar-refractivity contribution in [3.05, 3.63) is 94.0 Å². The van der Waals surface area contributed by atoms with Crippen molar-refractivity contribution in [2.45, 2.75) is 25.3 Å². The molecule has 4 rings (SSSR count). The summed E-state index contributed by atoms with van der Waals surface area (Å²) < 4.78 is 0. The van der Waals surface area contributed by atoms with E-state index in [1.807, 2.05) is 30.3 Å². The molecule has 0 aromatic heterocycles. The normalized spacial score (nSPS) is 14.1. The van der Waals surface area contributed by atoms with Gasteiger partial charge in [-0.2, -0.15) is 0 Å².